The standard InChI is InChI=1S/C19H15N3O/c1-11-8-9-14-13(10-11)19(18(23)20-14)21-15-6-2-4-12-5-3-7-16(22-19)17(12)15/h2-10,21-22H,1H3,(H,20,23). The predicted octanol–water partition coefficient (Wildman–Crippen LogP) is 3.79. The van der Waals surface area contributed by atoms with Gasteiger partial charge >= 0.3 is 0 Å². The maximum atomic E-state index is 12.8. The van der Waals surface area contributed by atoms with Crippen LogP contribution in [-0.2, 0) is 10.5 Å². The fraction of sp³-hybridized carbons (Fsp3) is 0.105. The van der Waals surface area contributed by atoms with Gasteiger partial charge in [0, 0.05) is 28.0 Å². The zero-order valence-corrected chi connectivity index (χ0v) is 12.6. The maximum absolute atomic E-state index is 12.8. The third-order valence-electron chi connectivity index (χ3n) is 4.72. The van der Waals surface area contributed by atoms with Crippen LogP contribution in [0.5, 0.6) is 0 Å². The predicted molar refractivity (Wildman–Crippen MR) is 92.7 cm³/mol. The summed E-state index contributed by atoms with van der Waals surface area (Å²) in [5, 5.41) is 12.1. The van der Waals surface area contributed by atoms with E-state index < -0.39 is 5.66 Å². The Bertz CT molecular complexity index is 952. The first-order chi connectivity index (χ1) is 11.2. The lowest BCUT2D eigenvalue weighted by molar-refractivity contribution is -0.119. The summed E-state index contributed by atoms with van der Waals surface area (Å²) >= 11 is 0. The van der Waals surface area contributed by atoms with Gasteiger partial charge in [0.05, 0.1) is 0 Å². The monoisotopic (exact) mass is 301 g/mol. The van der Waals surface area contributed by atoms with Crippen molar-refractivity contribution < 1.29 is 4.79 Å². The topological polar surface area (TPSA) is 53.2 Å². The van der Waals surface area contributed by atoms with Crippen LogP contribution in [0, 0.1) is 6.92 Å². The maximum Gasteiger partial charge on any atom is 0.275 e. The van der Waals surface area contributed by atoms with Crippen molar-refractivity contribution in [3.05, 3.63) is 65.7 Å². The molecule has 2 heterocycles. The highest BCUT2D eigenvalue weighted by Gasteiger charge is 2.49. The molecule has 3 aromatic rings. The van der Waals surface area contributed by atoms with Crippen molar-refractivity contribution in [3.8, 4) is 0 Å². The van der Waals surface area contributed by atoms with Crippen LogP contribution in [0.25, 0.3) is 10.8 Å². The Hall–Kier alpha value is -3.01. The highest BCUT2D eigenvalue weighted by atomic mass is 16.2. The van der Waals surface area contributed by atoms with Crippen LogP contribution in [0.15, 0.2) is 54.6 Å². The van der Waals surface area contributed by atoms with E-state index in [1.165, 1.54) is 0 Å². The molecular weight excluding hydrogens is 286 g/mol. The van der Waals surface area contributed by atoms with Gasteiger partial charge in [-0.05, 0) is 36.6 Å². The Morgan fingerprint density at radius 3 is 2.26 bits per heavy atom. The summed E-state index contributed by atoms with van der Waals surface area (Å²) < 4.78 is 0. The first kappa shape index (κ1) is 12.5. The molecule has 0 saturated heterocycles. The molecule has 0 aromatic heterocycles. The number of hydrogen-bond donors (Lipinski definition) is 3. The molecule has 4 nitrogen and oxygen atoms in total. The Balaban J connectivity index is 1.79. The Kier molecular flexibility index (Phi) is 2.20. The number of aryl methyl sites for hydroxylation is 1. The Morgan fingerprint density at radius 1 is 0.870 bits per heavy atom. The van der Waals surface area contributed by atoms with E-state index in [2.05, 4.69) is 34.1 Å². The van der Waals surface area contributed by atoms with Gasteiger partial charge in [0.25, 0.3) is 5.91 Å². The van der Waals surface area contributed by atoms with Crippen molar-refractivity contribution in [2.75, 3.05) is 16.0 Å². The number of benzene rings is 3. The summed E-state index contributed by atoms with van der Waals surface area (Å²) in [6, 6.07) is 18.3. The number of fused-ring (bicyclic) bond motifs is 2. The highest BCUT2D eigenvalue weighted by molar-refractivity contribution is 6.15. The molecule has 1 spiro atoms. The van der Waals surface area contributed by atoms with Crippen molar-refractivity contribution >= 4 is 33.7 Å². The molecule has 3 N–H and O–H groups in total. The van der Waals surface area contributed by atoms with Crippen molar-refractivity contribution in [2.24, 2.45) is 0 Å². The smallest absolute Gasteiger partial charge is 0.275 e. The largest absolute Gasteiger partial charge is 0.351 e. The molecule has 2 aliphatic rings. The van der Waals surface area contributed by atoms with Crippen LogP contribution in [0.4, 0.5) is 17.1 Å². The SMILES string of the molecule is Cc1ccc2c(c1)C1(Nc3cccc4cccc(c34)N1)C(=O)N2. The molecule has 2 aliphatic heterocycles. The second kappa shape index (κ2) is 4.04. The Morgan fingerprint density at radius 2 is 1.57 bits per heavy atom. The number of carbonyl (C=O) groups excluding carboxylic acids is 1. The molecule has 4 heteroatoms. The van der Waals surface area contributed by atoms with E-state index in [0.717, 1.165) is 39.0 Å². The minimum absolute atomic E-state index is 0.0791. The normalized spacial score (nSPS) is 16.7. The summed E-state index contributed by atoms with van der Waals surface area (Å²) in [4.78, 5) is 12.8. The van der Waals surface area contributed by atoms with Gasteiger partial charge in [-0.15, -0.1) is 0 Å². The van der Waals surface area contributed by atoms with Crippen molar-refractivity contribution in [1.82, 2.24) is 0 Å². The lowest BCUT2D eigenvalue weighted by atomic mass is 9.93. The molecule has 0 fully saturated rings. The van der Waals surface area contributed by atoms with Crippen LogP contribution >= 0.6 is 0 Å². The third kappa shape index (κ3) is 1.52. The molecule has 23 heavy (non-hydrogen) atoms. The van der Waals surface area contributed by atoms with E-state index >= 15 is 0 Å². The number of amides is 1. The number of nitrogens with one attached hydrogen (secondary N) is 3. The zero-order chi connectivity index (χ0) is 15.6. The summed E-state index contributed by atoms with van der Waals surface area (Å²) in [6.07, 6.45) is 0. The van der Waals surface area contributed by atoms with Crippen molar-refractivity contribution in [2.45, 2.75) is 12.6 Å². The van der Waals surface area contributed by atoms with E-state index in [-0.39, 0.29) is 5.91 Å². The molecule has 3 aromatic carbocycles. The van der Waals surface area contributed by atoms with Crippen molar-refractivity contribution in [3.63, 3.8) is 0 Å². The summed E-state index contributed by atoms with van der Waals surface area (Å²) in [6.45, 7) is 2.04. The van der Waals surface area contributed by atoms with Gasteiger partial charge in [0.2, 0.25) is 5.66 Å². The van der Waals surface area contributed by atoms with E-state index in [0.29, 0.717) is 0 Å². The van der Waals surface area contributed by atoms with Gasteiger partial charge in [-0.2, -0.15) is 0 Å². The molecule has 112 valence electrons. The minimum atomic E-state index is -0.954. The zero-order valence-electron chi connectivity index (χ0n) is 12.6. The van der Waals surface area contributed by atoms with Gasteiger partial charge in [0.1, 0.15) is 0 Å². The summed E-state index contributed by atoms with van der Waals surface area (Å²) in [5.41, 5.74) is 3.91. The number of hydrogen-bond acceptors (Lipinski definition) is 3. The van der Waals surface area contributed by atoms with E-state index in [9.17, 15) is 4.79 Å². The lowest BCUT2D eigenvalue weighted by Gasteiger charge is -2.37. The fourth-order valence-electron chi connectivity index (χ4n) is 3.65. The van der Waals surface area contributed by atoms with Crippen molar-refractivity contribution in [1.29, 1.82) is 0 Å². The van der Waals surface area contributed by atoms with Gasteiger partial charge in [0.15, 0.2) is 0 Å². The number of rotatable bonds is 0. The second-order valence-electron chi connectivity index (χ2n) is 6.21. The first-order valence-electron chi connectivity index (χ1n) is 7.68. The first-order valence-corrected chi connectivity index (χ1v) is 7.68. The number of carbonyl (C=O) groups is 1. The quantitative estimate of drug-likeness (QED) is 0.592. The summed E-state index contributed by atoms with van der Waals surface area (Å²) in [5.74, 6) is -0.0791. The second-order valence-corrected chi connectivity index (χ2v) is 6.21. The highest BCUT2D eigenvalue weighted by Crippen LogP contribution is 2.46. The summed E-state index contributed by atoms with van der Waals surface area (Å²) in [7, 11) is 0. The average Bonchev–Trinajstić information content (AvgIpc) is 2.80. The lowest BCUT2D eigenvalue weighted by Crippen LogP contribution is -2.50. The van der Waals surface area contributed by atoms with Gasteiger partial charge < -0.3 is 16.0 Å². The van der Waals surface area contributed by atoms with E-state index in [1.807, 2.05) is 43.3 Å². The van der Waals surface area contributed by atoms with E-state index in [4.69, 9.17) is 0 Å². The minimum Gasteiger partial charge on any atom is -0.351 e. The molecule has 0 unspecified atom stereocenters. The molecule has 0 aliphatic carbocycles. The average molecular weight is 301 g/mol. The Labute approximate surface area is 133 Å². The molecule has 1 amide bonds. The molecule has 0 atom stereocenters. The van der Waals surface area contributed by atoms with Crippen LogP contribution in [0.3, 0.4) is 0 Å². The number of anilines is 3. The van der Waals surface area contributed by atoms with Gasteiger partial charge in [-0.1, -0.05) is 35.9 Å². The van der Waals surface area contributed by atoms with E-state index in [1.54, 1.807) is 0 Å². The van der Waals surface area contributed by atoms with Crippen LogP contribution in [0.1, 0.15) is 11.1 Å². The van der Waals surface area contributed by atoms with Gasteiger partial charge in [-0.3, -0.25) is 4.79 Å². The van der Waals surface area contributed by atoms with Crippen LogP contribution in [-0.4, -0.2) is 5.91 Å². The molecule has 0 saturated carbocycles. The van der Waals surface area contributed by atoms with Gasteiger partial charge in [-0.25, -0.2) is 0 Å². The molecule has 0 radical (unpaired) electrons. The third-order valence-corrected chi connectivity index (χ3v) is 4.72. The molecular formula is C19H15N3O. The van der Waals surface area contributed by atoms with Crippen LogP contribution < -0.4 is 16.0 Å². The van der Waals surface area contributed by atoms with Crippen LogP contribution in [0.2, 0.25) is 0 Å². The fourth-order valence-corrected chi connectivity index (χ4v) is 3.65. The molecule has 0 bridgehead atoms. The molecule has 5 rings (SSSR count).